The van der Waals surface area contributed by atoms with Crippen LogP contribution in [0.4, 0.5) is 0 Å². The smallest absolute Gasteiger partial charge is 0.328 e. The monoisotopic (exact) mass is 272 g/mol. The van der Waals surface area contributed by atoms with E-state index < -0.39 is 29.1 Å². The van der Waals surface area contributed by atoms with Crippen LogP contribution in [0.25, 0.3) is 0 Å². The molecule has 1 rings (SSSR count). The Morgan fingerprint density at radius 3 is 2.47 bits per heavy atom. The number of ether oxygens (including phenoxy) is 1. The van der Waals surface area contributed by atoms with Crippen LogP contribution in [0, 0.1) is 0 Å². The first-order chi connectivity index (χ1) is 8.67. The van der Waals surface area contributed by atoms with Gasteiger partial charge >= 0.3 is 11.9 Å². The second-order valence-electron chi connectivity index (χ2n) is 6.08. The van der Waals surface area contributed by atoms with Gasteiger partial charge in [0.05, 0.1) is 0 Å². The number of nitrogens with one attached hydrogen (secondary N) is 1. The van der Waals surface area contributed by atoms with E-state index in [1.165, 1.54) is 0 Å². The van der Waals surface area contributed by atoms with Crippen molar-refractivity contribution in [2.75, 3.05) is 6.54 Å². The molecule has 0 amide bonds. The van der Waals surface area contributed by atoms with Crippen molar-refractivity contribution in [1.82, 2.24) is 5.32 Å². The van der Waals surface area contributed by atoms with Gasteiger partial charge in [0.15, 0.2) is 0 Å². The highest BCUT2D eigenvalue weighted by Gasteiger charge is 2.48. The third-order valence-corrected chi connectivity index (χ3v) is 3.16. The maximum Gasteiger partial charge on any atom is 0.328 e. The number of esters is 1. The van der Waals surface area contributed by atoms with Gasteiger partial charge in [-0.3, -0.25) is 4.79 Å². The first-order valence-electron chi connectivity index (χ1n) is 6.65. The van der Waals surface area contributed by atoms with Gasteiger partial charge in [-0.1, -0.05) is 12.8 Å². The highest BCUT2D eigenvalue weighted by Crippen LogP contribution is 2.24. The predicted octanol–water partition coefficient (Wildman–Crippen LogP) is 0.642. The Kier molecular flexibility index (Phi) is 4.92. The number of aliphatic carboxylic acids is 1. The van der Waals surface area contributed by atoms with E-state index in [-0.39, 0.29) is 0 Å². The molecule has 0 aliphatic carbocycles. The molecule has 1 heterocycles. The molecule has 0 aromatic heterocycles. The van der Waals surface area contributed by atoms with Gasteiger partial charge in [-0.25, -0.2) is 4.79 Å². The molecule has 1 saturated heterocycles. The second-order valence-corrected chi connectivity index (χ2v) is 6.08. The molecule has 110 valence electrons. The van der Waals surface area contributed by atoms with E-state index in [2.05, 4.69) is 5.32 Å². The highest BCUT2D eigenvalue weighted by atomic mass is 16.6. The zero-order chi connectivity index (χ0) is 14.7. The fourth-order valence-electron chi connectivity index (χ4n) is 2.19. The molecule has 1 aliphatic rings. The van der Waals surface area contributed by atoms with Gasteiger partial charge in [0.25, 0.3) is 0 Å². The average Bonchev–Trinajstić information content (AvgIpc) is 2.20. The van der Waals surface area contributed by atoms with Crippen molar-refractivity contribution in [3.05, 3.63) is 0 Å². The summed E-state index contributed by atoms with van der Waals surface area (Å²) in [5, 5.41) is 12.1. The van der Waals surface area contributed by atoms with Crippen molar-refractivity contribution in [2.24, 2.45) is 5.73 Å². The van der Waals surface area contributed by atoms with E-state index in [9.17, 15) is 14.7 Å². The maximum atomic E-state index is 12.3. The second kappa shape index (κ2) is 5.88. The summed E-state index contributed by atoms with van der Waals surface area (Å²) in [6.07, 6.45) is 2.84. The van der Waals surface area contributed by atoms with Gasteiger partial charge < -0.3 is 20.9 Å². The Balaban J connectivity index is 2.97. The summed E-state index contributed by atoms with van der Waals surface area (Å²) in [7, 11) is 0. The molecule has 4 N–H and O–H groups in total. The summed E-state index contributed by atoms with van der Waals surface area (Å²) in [5.74, 6) is -1.77. The first kappa shape index (κ1) is 15.9. The first-order valence-corrected chi connectivity index (χ1v) is 6.65. The molecule has 1 aliphatic heterocycles. The number of rotatable bonds is 2. The average molecular weight is 272 g/mol. The lowest BCUT2D eigenvalue weighted by molar-refractivity contribution is -0.167. The molecular weight excluding hydrogens is 248 g/mol. The Hall–Kier alpha value is -1.14. The van der Waals surface area contributed by atoms with Crippen LogP contribution in [-0.4, -0.2) is 40.8 Å². The van der Waals surface area contributed by atoms with Crippen LogP contribution in [-0.2, 0) is 14.3 Å². The highest BCUT2D eigenvalue weighted by molar-refractivity contribution is 5.90. The lowest BCUT2D eigenvalue weighted by Crippen LogP contribution is -2.67. The molecule has 19 heavy (non-hydrogen) atoms. The van der Waals surface area contributed by atoms with Gasteiger partial charge in [0.1, 0.15) is 17.2 Å². The lowest BCUT2D eigenvalue weighted by atomic mass is 9.83. The normalized spacial score (nSPS) is 29.2. The summed E-state index contributed by atoms with van der Waals surface area (Å²) in [5.41, 5.74) is 3.91. The largest absolute Gasteiger partial charge is 0.480 e. The number of carbonyl (C=O) groups is 2. The van der Waals surface area contributed by atoms with Crippen LogP contribution in [0.15, 0.2) is 0 Å². The SMILES string of the molecule is CC(C)(C)OC(=O)C1(N)CCCCCNC1C(=O)O. The molecule has 6 heteroatoms. The van der Waals surface area contributed by atoms with E-state index in [1.807, 2.05) is 0 Å². The van der Waals surface area contributed by atoms with Crippen molar-refractivity contribution >= 4 is 11.9 Å². The van der Waals surface area contributed by atoms with Crippen LogP contribution in [0.5, 0.6) is 0 Å². The summed E-state index contributed by atoms with van der Waals surface area (Å²) in [4.78, 5) is 23.6. The van der Waals surface area contributed by atoms with Crippen molar-refractivity contribution < 1.29 is 19.4 Å². The molecule has 2 atom stereocenters. The van der Waals surface area contributed by atoms with Gasteiger partial charge in [0.2, 0.25) is 0 Å². The Morgan fingerprint density at radius 1 is 1.32 bits per heavy atom. The minimum Gasteiger partial charge on any atom is -0.480 e. The molecule has 0 aromatic carbocycles. The Bertz CT molecular complexity index is 351. The molecule has 0 spiro atoms. The standard InChI is InChI=1S/C13H24N2O4/c1-12(2,3)19-11(18)13(14)7-5-4-6-8-15-9(13)10(16)17/h9,15H,4-8,14H2,1-3H3,(H,16,17). The van der Waals surface area contributed by atoms with Crippen LogP contribution >= 0.6 is 0 Å². The van der Waals surface area contributed by atoms with Crippen LogP contribution < -0.4 is 11.1 Å². The Labute approximate surface area is 113 Å². The Morgan fingerprint density at radius 2 is 1.95 bits per heavy atom. The van der Waals surface area contributed by atoms with Gasteiger partial charge in [-0.2, -0.15) is 0 Å². The number of carbonyl (C=O) groups excluding carboxylic acids is 1. The third kappa shape index (κ3) is 4.18. The zero-order valence-electron chi connectivity index (χ0n) is 11.9. The molecule has 0 saturated carbocycles. The molecule has 0 radical (unpaired) electrons. The van der Waals surface area contributed by atoms with Crippen molar-refractivity contribution in [2.45, 2.75) is 63.6 Å². The maximum absolute atomic E-state index is 12.3. The number of carboxylic acids is 1. The molecule has 6 nitrogen and oxygen atoms in total. The summed E-state index contributed by atoms with van der Waals surface area (Å²) < 4.78 is 5.29. The minimum atomic E-state index is -1.51. The summed E-state index contributed by atoms with van der Waals surface area (Å²) in [6, 6.07) is -1.11. The topological polar surface area (TPSA) is 102 Å². The fourth-order valence-corrected chi connectivity index (χ4v) is 2.19. The number of hydrogen-bond acceptors (Lipinski definition) is 5. The molecular formula is C13H24N2O4. The summed E-state index contributed by atoms with van der Waals surface area (Å²) in [6.45, 7) is 5.75. The fraction of sp³-hybridized carbons (Fsp3) is 0.846. The quantitative estimate of drug-likeness (QED) is 0.638. The number of nitrogens with two attached hydrogens (primary N) is 1. The van der Waals surface area contributed by atoms with Crippen LogP contribution in [0.3, 0.4) is 0 Å². The van der Waals surface area contributed by atoms with Gasteiger partial charge in [-0.15, -0.1) is 0 Å². The van der Waals surface area contributed by atoms with E-state index in [1.54, 1.807) is 20.8 Å². The lowest BCUT2D eigenvalue weighted by Gasteiger charge is -2.37. The minimum absolute atomic E-state index is 0.311. The third-order valence-electron chi connectivity index (χ3n) is 3.16. The van der Waals surface area contributed by atoms with Crippen molar-refractivity contribution in [3.63, 3.8) is 0 Å². The van der Waals surface area contributed by atoms with Gasteiger partial charge in [-0.05, 0) is 40.2 Å². The van der Waals surface area contributed by atoms with E-state index in [0.717, 1.165) is 19.3 Å². The van der Waals surface area contributed by atoms with E-state index in [0.29, 0.717) is 13.0 Å². The molecule has 0 bridgehead atoms. The molecule has 1 fully saturated rings. The number of hydrogen-bond donors (Lipinski definition) is 3. The van der Waals surface area contributed by atoms with Crippen LogP contribution in [0.2, 0.25) is 0 Å². The summed E-state index contributed by atoms with van der Waals surface area (Å²) >= 11 is 0. The van der Waals surface area contributed by atoms with Gasteiger partial charge in [0, 0.05) is 0 Å². The zero-order valence-corrected chi connectivity index (χ0v) is 11.9. The molecule has 0 aromatic rings. The van der Waals surface area contributed by atoms with Crippen LogP contribution in [0.1, 0.15) is 46.5 Å². The van der Waals surface area contributed by atoms with Crippen molar-refractivity contribution in [1.29, 1.82) is 0 Å². The van der Waals surface area contributed by atoms with E-state index in [4.69, 9.17) is 10.5 Å². The van der Waals surface area contributed by atoms with E-state index >= 15 is 0 Å². The number of carboxylic acid groups (broad SMARTS) is 1. The molecule has 2 unspecified atom stereocenters. The van der Waals surface area contributed by atoms with Crippen molar-refractivity contribution in [3.8, 4) is 0 Å². The predicted molar refractivity (Wildman–Crippen MR) is 70.7 cm³/mol.